The molecule has 45 heavy (non-hydrogen) atoms. The van der Waals surface area contributed by atoms with Crippen LogP contribution in [0.1, 0.15) is 42.5 Å². The summed E-state index contributed by atoms with van der Waals surface area (Å²) in [6.45, 7) is 7.25. The smallest absolute Gasteiger partial charge is 0.264 e. The van der Waals surface area contributed by atoms with Gasteiger partial charge < -0.3 is 10.2 Å². The van der Waals surface area contributed by atoms with E-state index in [-0.39, 0.29) is 40.5 Å². The normalized spacial score (nSPS) is 12.6. The van der Waals surface area contributed by atoms with Crippen molar-refractivity contribution in [1.82, 2.24) is 10.2 Å². The van der Waals surface area contributed by atoms with Gasteiger partial charge >= 0.3 is 0 Å². The van der Waals surface area contributed by atoms with Gasteiger partial charge in [-0.3, -0.25) is 13.9 Å². The van der Waals surface area contributed by atoms with E-state index >= 15 is 0 Å². The first-order chi connectivity index (χ1) is 21.5. The summed E-state index contributed by atoms with van der Waals surface area (Å²) < 4.78 is 29.4. The fraction of sp³-hybridized carbons (Fsp3) is 0.278. The highest BCUT2D eigenvalue weighted by Gasteiger charge is 2.35. The minimum Gasteiger partial charge on any atom is -0.352 e. The molecule has 2 unspecified atom stereocenters. The number of nitrogens with one attached hydrogen (secondary N) is 1. The third-order valence-electron chi connectivity index (χ3n) is 7.88. The lowest BCUT2D eigenvalue weighted by Crippen LogP contribution is -2.54. The van der Waals surface area contributed by atoms with E-state index < -0.39 is 28.5 Å². The van der Waals surface area contributed by atoms with Gasteiger partial charge in [-0.05, 0) is 68.1 Å². The van der Waals surface area contributed by atoms with Crippen molar-refractivity contribution in [1.29, 1.82) is 0 Å². The van der Waals surface area contributed by atoms with Crippen LogP contribution in [-0.2, 0) is 32.6 Å². The number of halogens is 1. The fourth-order valence-electron chi connectivity index (χ4n) is 4.97. The number of nitrogens with zero attached hydrogens (tertiary/aromatic N) is 2. The van der Waals surface area contributed by atoms with Crippen LogP contribution < -0.4 is 9.62 Å². The summed E-state index contributed by atoms with van der Waals surface area (Å²) in [5.41, 5.74) is 3.75. The maximum absolute atomic E-state index is 14.6. The monoisotopic (exact) mass is 645 g/mol. The molecule has 0 saturated carbocycles. The SMILES string of the molecule is CCC(C)NC(=O)C(Cc1ccccc1)N(Cc1ccccc1C)C(=O)CN(c1ccccc1Cl)S(=O)(=O)c1ccc(C)cc1. The van der Waals surface area contributed by atoms with Crippen LogP contribution in [0.4, 0.5) is 5.69 Å². The second kappa shape index (κ2) is 15.2. The van der Waals surface area contributed by atoms with Crippen molar-refractivity contribution in [2.24, 2.45) is 0 Å². The molecule has 1 N–H and O–H groups in total. The van der Waals surface area contributed by atoms with E-state index in [4.69, 9.17) is 11.6 Å². The third-order valence-corrected chi connectivity index (χ3v) is 9.98. The fourth-order valence-corrected chi connectivity index (χ4v) is 6.69. The first-order valence-corrected chi connectivity index (χ1v) is 16.8. The van der Waals surface area contributed by atoms with Crippen LogP contribution in [-0.4, -0.2) is 43.8 Å². The first kappa shape index (κ1) is 33.7. The first-order valence-electron chi connectivity index (χ1n) is 15.0. The maximum atomic E-state index is 14.6. The van der Waals surface area contributed by atoms with E-state index in [0.29, 0.717) is 6.42 Å². The van der Waals surface area contributed by atoms with E-state index in [1.165, 1.54) is 17.0 Å². The summed E-state index contributed by atoms with van der Waals surface area (Å²) in [6.07, 6.45) is 0.960. The number of amides is 2. The molecular weight excluding hydrogens is 606 g/mol. The Morgan fingerprint density at radius 3 is 2.11 bits per heavy atom. The molecule has 0 spiro atoms. The van der Waals surface area contributed by atoms with Crippen molar-refractivity contribution in [3.05, 3.63) is 130 Å². The molecule has 236 valence electrons. The highest BCUT2D eigenvalue weighted by atomic mass is 35.5. The Morgan fingerprint density at radius 2 is 1.47 bits per heavy atom. The van der Waals surface area contributed by atoms with Crippen molar-refractivity contribution in [3.63, 3.8) is 0 Å². The number of anilines is 1. The van der Waals surface area contributed by atoms with E-state index in [1.54, 1.807) is 36.4 Å². The zero-order chi connectivity index (χ0) is 32.6. The minimum atomic E-state index is -4.23. The molecular formula is C36H40ClN3O4S. The number of sulfonamides is 1. The third kappa shape index (κ3) is 8.53. The number of carbonyl (C=O) groups excluding carboxylic acids is 2. The van der Waals surface area contributed by atoms with Gasteiger partial charge in [0.2, 0.25) is 11.8 Å². The molecule has 4 rings (SSSR count). The maximum Gasteiger partial charge on any atom is 0.264 e. The van der Waals surface area contributed by atoms with E-state index in [9.17, 15) is 18.0 Å². The lowest BCUT2D eigenvalue weighted by Gasteiger charge is -2.34. The zero-order valence-corrected chi connectivity index (χ0v) is 27.7. The minimum absolute atomic E-state index is 0.0293. The molecule has 0 aliphatic carbocycles. The van der Waals surface area contributed by atoms with Gasteiger partial charge in [-0.15, -0.1) is 0 Å². The molecule has 0 aliphatic heterocycles. The van der Waals surface area contributed by atoms with E-state index in [0.717, 1.165) is 26.6 Å². The molecule has 0 fully saturated rings. The number of hydrogen-bond donors (Lipinski definition) is 1. The van der Waals surface area contributed by atoms with Crippen molar-refractivity contribution in [2.45, 2.75) is 64.1 Å². The quantitative estimate of drug-likeness (QED) is 0.175. The lowest BCUT2D eigenvalue weighted by molar-refractivity contribution is -0.140. The lowest BCUT2D eigenvalue weighted by atomic mass is 10.0. The summed E-state index contributed by atoms with van der Waals surface area (Å²) in [6, 6.07) is 29.1. The molecule has 0 aromatic heterocycles. The standard InChI is InChI=1S/C36H40ClN3O4S/c1-5-28(4)38-36(42)34(23-29-14-7-6-8-15-29)39(24-30-16-10-9-13-27(30)3)35(41)25-40(33-18-12-11-17-32(33)37)45(43,44)31-21-19-26(2)20-22-31/h6-22,28,34H,5,23-25H2,1-4H3,(H,38,42). The van der Waals surface area contributed by atoms with Crippen LogP contribution in [0.15, 0.2) is 108 Å². The Labute approximate surface area is 271 Å². The Balaban J connectivity index is 1.83. The predicted octanol–water partition coefficient (Wildman–Crippen LogP) is 6.71. The largest absolute Gasteiger partial charge is 0.352 e. The molecule has 2 amide bonds. The molecule has 0 radical (unpaired) electrons. The van der Waals surface area contributed by atoms with Crippen LogP contribution in [0, 0.1) is 13.8 Å². The topological polar surface area (TPSA) is 86.8 Å². The summed E-state index contributed by atoms with van der Waals surface area (Å²) in [4.78, 5) is 30.0. The van der Waals surface area contributed by atoms with Gasteiger partial charge in [0.25, 0.3) is 10.0 Å². The summed E-state index contributed by atoms with van der Waals surface area (Å²) >= 11 is 6.55. The van der Waals surface area contributed by atoms with Gasteiger partial charge in [0, 0.05) is 19.0 Å². The Bertz CT molecular complexity index is 1710. The van der Waals surface area contributed by atoms with Crippen molar-refractivity contribution in [2.75, 3.05) is 10.8 Å². The van der Waals surface area contributed by atoms with E-state index in [1.807, 2.05) is 82.3 Å². The second-order valence-corrected chi connectivity index (χ2v) is 13.5. The Morgan fingerprint density at radius 1 is 0.844 bits per heavy atom. The van der Waals surface area contributed by atoms with Crippen LogP contribution in [0.3, 0.4) is 0 Å². The van der Waals surface area contributed by atoms with Gasteiger partial charge in [0.15, 0.2) is 0 Å². The number of rotatable bonds is 13. The summed E-state index contributed by atoms with van der Waals surface area (Å²) in [7, 11) is -4.23. The van der Waals surface area contributed by atoms with Gasteiger partial charge in [0.05, 0.1) is 15.6 Å². The molecule has 7 nitrogen and oxygen atoms in total. The summed E-state index contributed by atoms with van der Waals surface area (Å²) in [5, 5.41) is 3.24. The number of carbonyl (C=O) groups is 2. The molecule has 2 atom stereocenters. The number of aryl methyl sites for hydroxylation is 2. The van der Waals surface area contributed by atoms with Crippen LogP contribution in [0.25, 0.3) is 0 Å². The zero-order valence-electron chi connectivity index (χ0n) is 26.1. The van der Waals surface area contributed by atoms with Crippen LogP contribution >= 0.6 is 11.6 Å². The molecule has 0 saturated heterocycles. The molecule has 4 aromatic rings. The molecule has 9 heteroatoms. The van der Waals surface area contributed by atoms with Gasteiger partial charge in [0.1, 0.15) is 12.6 Å². The number of para-hydroxylation sites is 1. The van der Waals surface area contributed by atoms with E-state index in [2.05, 4.69) is 5.32 Å². The predicted molar refractivity (Wildman–Crippen MR) is 181 cm³/mol. The van der Waals surface area contributed by atoms with Gasteiger partial charge in [-0.2, -0.15) is 0 Å². The highest BCUT2D eigenvalue weighted by molar-refractivity contribution is 7.92. The molecule has 0 bridgehead atoms. The van der Waals surface area contributed by atoms with Crippen molar-refractivity contribution >= 4 is 39.1 Å². The Hall–Kier alpha value is -4.14. The van der Waals surface area contributed by atoms with Crippen molar-refractivity contribution < 1.29 is 18.0 Å². The second-order valence-electron chi connectivity index (χ2n) is 11.2. The van der Waals surface area contributed by atoms with Crippen LogP contribution in [0.2, 0.25) is 5.02 Å². The average molecular weight is 646 g/mol. The van der Waals surface area contributed by atoms with Crippen LogP contribution in [0.5, 0.6) is 0 Å². The van der Waals surface area contributed by atoms with Gasteiger partial charge in [-0.1, -0.05) is 103 Å². The van der Waals surface area contributed by atoms with Gasteiger partial charge in [-0.25, -0.2) is 8.42 Å². The summed E-state index contributed by atoms with van der Waals surface area (Å²) in [5.74, 6) is -0.838. The highest BCUT2D eigenvalue weighted by Crippen LogP contribution is 2.31. The molecule has 4 aromatic carbocycles. The molecule has 0 heterocycles. The Kier molecular flexibility index (Phi) is 11.4. The van der Waals surface area contributed by atoms with Crippen molar-refractivity contribution in [3.8, 4) is 0 Å². The molecule has 0 aliphatic rings. The number of benzene rings is 4. The number of hydrogen-bond acceptors (Lipinski definition) is 4. The average Bonchev–Trinajstić information content (AvgIpc) is 3.03.